The summed E-state index contributed by atoms with van der Waals surface area (Å²) in [6.07, 6.45) is 9.52. The maximum atomic E-state index is 13.3. The Labute approximate surface area is 171 Å². The topological polar surface area (TPSA) is 49.4 Å². The van der Waals surface area contributed by atoms with Gasteiger partial charge in [0.2, 0.25) is 11.8 Å². The normalized spacial score (nSPS) is 19.6. The van der Waals surface area contributed by atoms with Gasteiger partial charge >= 0.3 is 0 Å². The molecule has 27 heavy (non-hydrogen) atoms. The highest BCUT2D eigenvalue weighted by Crippen LogP contribution is 2.33. The Kier molecular flexibility index (Phi) is 7.42. The largest absolute Gasteiger partial charge is 0.351 e. The van der Waals surface area contributed by atoms with Crippen LogP contribution >= 0.6 is 23.2 Å². The van der Waals surface area contributed by atoms with E-state index in [9.17, 15) is 9.59 Å². The van der Waals surface area contributed by atoms with E-state index in [1.54, 1.807) is 17.0 Å². The van der Waals surface area contributed by atoms with Crippen molar-refractivity contribution in [2.75, 3.05) is 5.88 Å². The van der Waals surface area contributed by atoms with E-state index in [-0.39, 0.29) is 29.8 Å². The van der Waals surface area contributed by atoms with Crippen LogP contribution in [0.15, 0.2) is 24.3 Å². The molecule has 1 atom stereocenters. The smallest absolute Gasteiger partial charge is 0.247 e. The van der Waals surface area contributed by atoms with Crippen LogP contribution in [0.3, 0.4) is 0 Å². The average Bonchev–Trinajstić information content (AvgIpc) is 3.21. The first-order valence-electron chi connectivity index (χ1n) is 10.0. The van der Waals surface area contributed by atoms with Crippen LogP contribution in [0.2, 0.25) is 5.02 Å². The maximum absolute atomic E-state index is 13.3. The van der Waals surface area contributed by atoms with Crippen molar-refractivity contribution >= 4 is 35.0 Å². The summed E-state index contributed by atoms with van der Waals surface area (Å²) in [5.41, 5.74) is 0.790. The van der Waals surface area contributed by atoms with Crippen LogP contribution in [0.5, 0.6) is 0 Å². The predicted molar refractivity (Wildman–Crippen MR) is 109 cm³/mol. The lowest BCUT2D eigenvalue weighted by Gasteiger charge is -2.37. The molecule has 2 amide bonds. The van der Waals surface area contributed by atoms with Crippen molar-refractivity contribution in [3.8, 4) is 0 Å². The number of benzene rings is 1. The zero-order valence-electron chi connectivity index (χ0n) is 15.6. The molecular weight excluding hydrogens is 383 g/mol. The highest BCUT2D eigenvalue weighted by molar-refractivity contribution is 6.30. The molecule has 3 rings (SSSR count). The van der Waals surface area contributed by atoms with Crippen LogP contribution < -0.4 is 5.32 Å². The summed E-state index contributed by atoms with van der Waals surface area (Å²) in [7, 11) is 0. The zero-order valence-corrected chi connectivity index (χ0v) is 17.1. The lowest BCUT2D eigenvalue weighted by atomic mass is 9.94. The Morgan fingerprint density at radius 3 is 2.19 bits per heavy atom. The molecular formula is C21H28Cl2N2O2. The summed E-state index contributed by atoms with van der Waals surface area (Å²) in [6.45, 7) is 0. The number of nitrogens with one attached hydrogen (secondary N) is 1. The lowest BCUT2D eigenvalue weighted by Crippen LogP contribution is -2.50. The van der Waals surface area contributed by atoms with Gasteiger partial charge in [-0.15, -0.1) is 11.6 Å². The molecule has 4 nitrogen and oxygen atoms in total. The van der Waals surface area contributed by atoms with Crippen LogP contribution in [-0.2, 0) is 9.59 Å². The highest BCUT2D eigenvalue weighted by atomic mass is 35.5. The van der Waals surface area contributed by atoms with Gasteiger partial charge in [-0.05, 0) is 43.4 Å². The van der Waals surface area contributed by atoms with E-state index in [0.29, 0.717) is 5.02 Å². The van der Waals surface area contributed by atoms with Crippen molar-refractivity contribution in [3.05, 3.63) is 34.9 Å². The van der Waals surface area contributed by atoms with Gasteiger partial charge in [0.25, 0.3) is 0 Å². The average molecular weight is 411 g/mol. The number of alkyl halides is 1. The van der Waals surface area contributed by atoms with Crippen LogP contribution in [0.1, 0.15) is 69.4 Å². The van der Waals surface area contributed by atoms with E-state index < -0.39 is 6.04 Å². The zero-order chi connectivity index (χ0) is 19.2. The van der Waals surface area contributed by atoms with Crippen molar-refractivity contribution in [1.29, 1.82) is 0 Å². The van der Waals surface area contributed by atoms with Crippen molar-refractivity contribution in [2.45, 2.75) is 75.9 Å². The van der Waals surface area contributed by atoms with E-state index in [1.807, 2.05) is 12.1 Å². The maximum Gasteiger partial charge on any atom is 0.247 e. The van der Waals surface area contributed by atoms with Gasteiger partial charge in [0.1, 0.15) is 11.9 Å². The molecule has 0 bridgehead atoms. The summed E-state index contributed by atoms with van der Waals surface area (Å²) in [5, 5.41) is 3.82. The van der Waals surface area contributed by atoms with Gasteiger partial charge in [-0.1, -0.05) is 55.8 Å². The van der Waals surface area contributed by atoms with Gasteiger partial charge in [0.05, 0.1) is 0 Å². The Hall–Kier alpha value is -1.26. The number of rotatable bonds is 6. The van der Waals surface area contributed by atoms with E-state index >= 15 is 0 Å². The highest BCUT2D eigenvalue weighted by Gasteiger charge is 2.37. The molecule has 2 fully saturated rings. The summed E-state index contributed by atoms with van der Waals surface area (Å²) >= 11 is 12.0. The molecule has 1 unspecified atom stereocenters. The van der Waals surface area contributed by atoms with Gasteiger partial charge in [0.15, 0.2) is 0 Å². The quantitative estimate of drug-likeness (QED) is 0.681. The van der Waals surface area contributed by atoms with Crippen LogP contribution in [-0.4, -0.2) is 34.7 Å². The summed E-state index contributed by atoms with van der Waals surface area (Å²) in [6, 6.07) is 6.84. The lowest BCUT2D eigenvalue weighted by molar-refractivity contribution is -0.142. The van der Waals surface area contributed by atoms with Crippen LogP contribution in [0.25, 0.3) is 0 Å². The van der Waals surface area contributed by atoms with Crippen molar-refractivity contribution in [1.82, 2.24) is 10.2 Å². The fraction of sp³-hybridized carbons (Fsp3) is 0.619. The molecule has 6 heteroatoms. The van der Waals surface area contributed by atoms with Crippen LogP contribution in [0, 0.1) is 0 Å². The van der Waals surface area contributed by atoms with Crippen molar-refractivity contribution in [3.63, 3.8) is 0 Å². The number of carbonyl (C=O) groups is 2. The molecule has 1 aromatic rings. The SMILES string of the molecule is O=C(NC1CCCCC1)C(c1ccc(Cl)cc1)N(C(=O)CCl)C1CCCC1. The van der Waals surface area contributed by atoms with E-state index in [1.165, 1.54) is 6.42 Å². The molecule has 0 radical (unpaired) electrons. The Morgan fingerprint density at radius 2 is 1.59 bits per heavy atom. The minimum Gasteiger partial charge on any atom is -0.351 e. The van der Waals surface area contributed by atoms with Crippen LogP contribution in [0.4, 0.5) is 0 Å². The molecule has 0 saturated heterocycles. The third-order valence-corrected chi connectivity index (χ3v) is 6.26. The summed E-state index contributed by atoms with van der Waals surface area (Å²) < 4.78 is 0. The van der Waals surface area contributed by atoms with Gasteiger partial charge in [0, 0.05) is 17.1 Å². The van der Waals surface area contributed by atoms with E-state index in [0.717, 1.165) is 56.9 Å². The summed E-state index contributed by atoms with van der Waals surface area (Å²) in [4.78, 5) is 27.8. The minimum absolute atomic E-state index is 0.0639. The number of hydrogen-bond donors (Lipinski definition) is 1. The first-order valence-corrected chi connectivity index (χ1v) is 10.9. The number of hydrogen-bond acceptors (Lipinski definition) is 2. The second kappa shape index (κ2) is 9.79. The second-order valence-corrected chi connectivity index (χ2v) is 8.37. The second-order valence-electron chi connectivity index (χ2n) is 7.67. The van der Waals surface area contributed by atoms with E-state index in [4.69, 9.17) is 23.2 Å². The molecule has 0 spiro atoms. The monoisotopic (exact) mass is 410 g/mol. The molecule has 1 aromatic carbocycles. The third kappa shape index (κ3) is 5.17. The molecule has 2 saturated carbocycles. The van der Waals surface area contributed by atoms with Gasteiger partial charge < -0.3 is 10.2 Å². The molecule has 0 aromatic heterocycles. The number of halogens is 2. The molecule has 2 aliphatic rings. The predicted octanol–water partition coefficient (Wildman–Crippen LogP) is 4.84. The molecule has 2 aliphatic carbocycles. The van der Waals surface area contributed by atoms with E-state index in [2.05, 4.69) is 5.32 Å². The van der Waals surface area contributed by atoms with Crippen molar-refractivity contribution < 1.29 is 9.59 Å². The molecule has 148 valence electrons. The first kappa shape index (κ1) is 20.5. The van der Waals surface area contributed by atoms with Gasteiger partial charge in [-0.25, -0.2) is 0 Å². The fourth-order valence-electron chi connectivity index (χ4n) is 4.42. The van der Waals surface area contributed by atoms with Gasteiger partial charge in [-0.3, -0.25) is 9.59 Å². The number of nitrogens with zero attached hydrogens (tertiary/aromatic N) is 1. The van der Waals surface area contributed by atoms with Gasteiger partial charge in [-0.2, -0.15) is 0 Å². The Balaban J connectivity index is 1.90. The Bertz CT molecular complexity index is 638. The van der Waals surface area contributed by atoms with Crippen molar-refractivity contribution in [2.24, 2.45) is 0 Å². The first-order chi connectivity index (χ1) is 13.1. The molecule has 0 heterocycles. The molecule has 1 N–H and O–H groups in total. The molecule has 0 aliphatic heterocycles. The minimum atomic E-state index is -0.654. The number of amides is 2. The Morgan fingerprint density at radius 1 is 1.00 bits per heavy atom. The summed E-state index contributed by atoms with van der Waals surface area (Å²) in [5.74, 6) is -0.394. The fourth-order valence-corrected chi connectivity index (χ4v) is 4.68. The standard InChI is InChI=1S/C21H28Cl2N2O2/c22-14-19(26)25(18-8-4-5-9-18)20(15-10-12-16(23)13-11-15)21(27)24-17-6-2-1-3-7-17/h10-13,17-18,20H,1-9,14H2,(H,24,27). The number of carbonyl (C=O) groups excluding carboxylic acids is 2. The third-order valence-electron chi connectivity index (χ3n) is 5.78.